The molecule has 0 spiro atoms. The topological polar surface area (TPSA) is 77.6 Å². The molecule has 0 aromatic rings. The molecular weight excluding hydrogens is 431 g/mol. The maximum Gasteiger partial charge on any atom is 0.229 e. The zero-order chi connectivity index (χ0) is 22.5. The third-order valence-corrected chi connectivity index (χ3v) is 7.19. The Morgan fingerprint density at radius 2 is 1.81 bits per heavy atom. The van der Waals surface area contributed by atoms with Crippen LogP contribution in [-0.4, -0.2) is 54.0 Å². The molecule has 3 aliphatic rings. The van der Waals surface area contributed by atoms with Crippen LogP contribution in [-0.2, 0) is 4.79 Å². The molecule has 10 heteroatoms. The molecule has 178 valence electrons. The van der Waals surface area contributed by atoms with Crippen molar-refractivity contribution in [1.29, 1.82) is 0 Å². The van der Waals surface area contributed by atoms with Crippen molar-refractivity contribution >= 4 is 23.5 Å². The van der Waals surface area contributed by atoms with E-state index < -0.39 is 29.8 Å². The molecule has 31 heavy (non-hydrogen) atoms. The molecule has 0 bridgehead atoms. The summed E-state index contributed by atoms with van der Waals surface area (Å²) >= 11 is 5.93. The third kappa shape index (κ3) is 6.96. The molecule has 0 aromatic heterocycles. The van der Waals surface area contributed by atoms with E-state index in [4.69, 9.17) is 11.6 Å². The summed E-state index contributed by atoms with van der Waals surface area (Å²) in [5.41, 5.74) is 6.19. The summed E-state index contributed by atoms with van der Waals surface area (Å²) in [5, 5.41) is 5.49. The Labute approximate surface area is 187 Å². The van der Waals surface area contributed by atoms with E-state index in [1.807, 2.05) is 13.8 Å². The second-order valence-corrected chi connectivity index (χ2v) is 9.83. The van der Waals surface area contributed by atoms with Gasteiger partial charge in [-0.3, -0.25) is 15.5 Å². The molecule has 4 N–H and O–H groups in total. The van der Waals surface area contributed by atoms with Gasteiger partial charge in [0.15, 0.2) is 5.96 Å². The van der Waals surface area contributed by atoms with Crippen LogP contribution in [0.1, 0.15) is 65.2 Å². The fourth-order valence-electron chi connectivity index (χ4n) is 4.64. The van der Waals surface area contributed by atoms with Gasteiger partial charge in [-0.15, -0.1) is 11.6 Å². The van der Waals surface area contributed by atoms with E-state index in [-0.39, 0.29) is 42.9 Å². The number of carbonyl (C=O) groups excluding carboxylic acids is 1. The van der Waals surface area contributed by atoms with Crippen LogP contribution in [0.15, 0.2) is 4.99 Å². The van der Waals surface area contributed by atoms with Crippen LogP contribution in [0.25, 0.3) is 0 Å². The van der Waals surface area contributed by atoms with Gasteiger partial charge in [0.25, 0.3) is 0 Å². The minimum Gasteiger partial charge on any atom is -0.354 e. The highest BCUT2D eigenvalue weighted by molar-refractivity contribution is 6.21. The van der Waals surface area contributed by atoms with Crippen molar-refractivity contribution in [3.63, 3.8) is 0 Å². The molecule has 3 fully saturated rings. The van der Waals surface area contributed by atoms with Crippen molar-refractivity contribution < 1.29 is 18.0 Å². The Kier molecular flexibility index (Phi) is 8.87. The lowest BCUT2D eigenvalue weighted by atomic mass is 9.81. The first-order valence-corrected chi connectivity index (χ1v) is 11.9. The number of aliphatic imine (C=N–C) groups is 1. The van der Waals surface area contributed by atoms with Gasteiger partial charge in [0, 0.05) is 30.8 Å². The van der Waals surface area contributed by atoms with Gasteiger partial charge >= 0.3 is 0 Å². The Morgan fingerprint density at radius 3 is 2.45 bits per heavy atom. The van der Waals surface area contributed by atoms with Gasteiger partial charge in [-0.1, -0.05) is 6.92 Å². The first-order chi connectivity index (χ1) is 14.7. The molecule has 1 heterocycles. The van der Waals surface area contributed by atoms with Crippen LogP contribution >= 0.6 is 11.6 Å². The molecule has 6 nitrogen and oxygen atoms in total. The molecule has 1 amide bonds. The minimum atomic E-state index is -1.19. The second-order valence-electron chi connectivity index (χ2n) is 9.27. The fraction of sp³-hybridized carbons (Fsp3) is 0.905. The highest BCUT2D eigenvalue weighted by Crippen LogP contribution is 2.33. The normalized spacial score (nSPS) is 40.4. The standard InChI is InChI=1S/C21H35ClF3N5O/c1-3-11(2)26-21(28-20(31)12-4-5-16(22)17(25)8-12)27-19-10-18(29-30-19)13-6-14(23)9-15(24)7-13/h11-19,29-30H,3-10H2,1-2H3,(H2,26,27,28,31)/t11-,12?,13?,14?,15?,16?,17?,18?,19?/m1/s1. The Bertz CT molecular complexity index is 632. The highest BCUT2D eigenvalue weighted by Gasteiger charge is 2.38. The SMILES string of the molecule is CC[C@@H](C)N/C(=N\C1CC(C2CC(F)CC(F)C2)NN1)NC(=O)C1CCC(Cl)C(F)C1. The Hall–Kier alpha value is -1.06. The molecular formula is C21H35ClF3N5O. The van der Waals surface area contributed by atoms with Crippen molar-refractivity contribution in [3.05, 3.63) is 0 Å². The first-order valence-electron chi connectivity index (χ1n) is 11.5. The number of guanidine groups is 1. The van der Waals surface area contributed by atoms with Gasteiger partial charge in [0.05, 0.1) is 5.38 Å². The number of nitrogens with one attached hydrogen (secondary N) is 4. The van der Waals surface area contributed by atoms with Crippen molar-refractivity contribution in [2.75, 3.05) is 0 Å². The molecule has 8 atom stereocenters. The maximum absolute atomic E-state index is 14.0. The largest absolute Gasteiger partial charge is 0.354 e. The summed E-state index contributed by atoms with van der Waals surface area (Å²) in [5.74, 6) is -0.477. The summed E-state index contributed by atoms with van der Waals surface area (Å²) in [6.45, 7) is 3.99. The van der Waals surface area contributed by atoms with E-state index in [1.165, 1.54) is 0 Å². The van der Waals surface area contributed by atoms with Crippen LogP contribution in [0, 0.1) is 11.8 Å². The molecule has 0 aromatic carbocycles. The number of hydrogen-bond acceptors (Lipinski definition) is 4. The van der Waals surface area contributed by atoms with Crippen LogP contribution in [0.2, 0.25) is 0 Å². The summed E-state index contributed by atoms with van der Waals surface area (Å²) in [4.78, 5) is 17.3. The molecule has 1 saturated heterocycles. The predicted octanol–water partition coefficient (Wildman–Crippen LogP) is 3.26. The summed E-state index contributed by atoms with van der Waals surface area (Å²) in [6, 6.07) is -0.00737. The average Bonchev–Trinajstić information content (AvgIpc) is 3.17. The number of halogens is 4. The number of hydrogen-bond donors (Lipinski definition) is 4. The fourth-order valence-corrected chi connectivity index (χ4v) is 4.87. The van der Waals surface area contributed by atoms with E-state index in [9.17, 15) is 18.0 Å². The van der Waals surface area contributed by atoms with Crippen molar-refractivity contribution in [1.82, 2.24) is 21.5 Å². The van der Waals surface area contributed by atoms with Gasteiger partial charge in [-0.25, -0.2) is 23.6 Å². The van der Waals surface area contributed by atoms with E-state index in [2.05, 4.69) is 26.5 Å². The van der Waals surface area contributed by atoms with Gasteiger partial charge in [-0.05, 0) is 51.4 Å². The molecule has 3 rings (SSSR count). The van der Waals surface area contributed by atoms with Crippen LogP contribution in [0.5, 0.6) is 0 Å². The van der Waals surface area contributed by atoms with Crippen molar-refractivity contribution in [2.24, 2.45) is 16.8 Å². The summed E-state index contributed by atoms with van der Waals surface area (Å²) < 4.78 is 41.5. The van der Waals surface area contributed by atoms with Crippen molar-refractivity contribution in [2.45, 2.75) is 107 Å². The van der Waals surface area contributed by atoms with E-state index >= 15 is 0 Å². The number of amides is 1. The molecule has 1 aliphatic heterocycles. The Balaban J connectivity index is 1.61. The zero-order valence-corrected chi connectivity index (χ0v) is 19.0. The number of nitrogens with zero attached hydrogens (tertiary/aromatic N) is 1. The van der Waals surface area contributed by atoms with Crippen LogP contribution < -0.4 is 21.5 Å². The molecule has 2 saturated carbocycles. The summed E-state index contributed by atoms with van der Waals surface area (Å²) in [6.07, 6.45) is -0.566. The monoisotopic (exact) mass is 465 g/mol. The second kappa shape index (κ2) is 11.2. The molecule has 7 unspecified atom stereocenters. The van der Waals surface area contributed by atoms with Crippen LogP contribution in [0.3, 0.4) is 0 Å². The van der Waals surface area contributed by atoms with Gasteiger partial charge < -0.3 is 5.32 Å². The summed E-state index contributed by atoms with van der Waals surface area (Å²) in [7, 11) is 0. The lowest BCUT2D eigenvalue weighted by Crippen LogP contribution is -2.49. The molecule has 0 radical (unpaired) electrons. The quantitative estimate of drug-likeness (QED) is 0.285. The third-order valence-electron chi connectivity index (χ3n) is 6.70. The van der Waals surface area contributed by atoms with E-state index in [0.717, 1.165) is 6.42 Å². The van der Waals surface area contributed by atoms with Gasteiger partial charge in [0.1, 0.15) is 24.7 Å². The number of rotatable bonds is 5. The number of carbonyl (C=O) groups is 1. The number of hydrazine groups is 1. The lowest BCUT2D eigenvalue weighted by molar-refractivity contribution is -0.125. The highest BCUT2D eigenvalue weighted by atomic mass is 35.5. The van der Waals surface area contributed by atoms with E-state index in [1.54, 1.807) is 0 Å². The maximum atomic E-state index is 14.0. The van der Waals surface area contributed by atoms with Gasteiger partial charge in [-0.2, -0.15) is 0 Å². The molecule has 2 aliphatic carbocycles. The smallest absolute Gasteiger partial charge is 0.229 e. The van der Waals surface area contributed by atoms with Crippen molar-refractivity contribution in [3.8, 4) is 0 Å². The minimum absolute atomic E-state index is 0.0153. The van der Waals surface area contributed by atoms with Gasteiger partial charge in [0.2, 0.25) is 5.91 Å². The first kappa shape index (κ1) is 24.6. The predicted molar refractivity (Wildman–Crippen MR) is 116 cm³/mol. The number of alkyl halides is 4. The van der Waals surface area contributed by atoms with E-state index in [0.29, 0.717) is 38.1 Å². The zero-order valence-electron chi connectivity index (χ0n) is 18.2. The lowest BCUT2D eigenvalue weighted by Gasteiger charge is -2.31. The average molecular weight is 466 g/mol. The van der Waals surface area contributed by atoms with Crippen LogP contribution in [0.4, 0.5) is 13.2 Å². The Morgan fingerprint density at radius 1 is 1.10 bits per heavy atom.